The average molecular weight is 412 g/mol. The van der Waals surface area contributed by atoms with Crippen LogP contribution in [0.2, 0.25) is 5.02 Å². The number of nitrogens with zero attached hydrogens (tertiary/aromatic N) is 1. The highest BCUT2D eigenvalue weighted by Crippen LogP contribution is 2.30. The van der Waals surface area contributed by atoms with Crippen LogP contribution in [-0.4, -0.2) is 17.6 Å². The van der Waals surface area contributed by atoms with Crippen LogP contribution >= 0.6 is 11.6 Å². The number of ether oxygens (including phenoxy) is 2. The minimum absolute atomic E-state index is 0.258. The van der Waals surface area contributed by atoms with Crippen LogP contribution in [0.5, 0.6) is 17.4 Å². The Labute approximate surface area is 174 Å². The number of pyridine rings is 1. The Morgan fingerprint density at radius 3 is 2.24 bits per heavy atom. The highest BCUT2D eigenvalue weighted by Gasteiger charge is 2.07. The van der Waals surface area contributed by atoms with Crippen LogP contribution in [0.15, 0.2) is 66.9 Å². The summed E-state index contributed by atoms with van der Waals surface area (Å²) in [5.74, 6) is 1.72. The van der Waals surface area contributed by atoms with Crippen LogP contribution in [0.1, 0.15) is 18.1 Å². The molecule has 0 radical (unpaired) electrons. The van der Waals surface area contributed by atoms with Crippen LogP contribution in [0.25, 0.3) is 0 Å². The predicted molar refractivity (Wildman–Crippen MR) is 112 cm³/mol. The van der Waals surface area contributed by atoms with Gasteiger partial charge < -0.3 is 20.1 Å². The molecule has 0 bridgehead atoms. The molecule has 3 rings (SSSR count). The largest absolute Gasteiger partial charge is 0.490 e. The minimum atomic E-state index is -0.258. The van der Waals surface area contributed by atoms with E-state index < -0.39 is 0 Å². The lowest BCUT2D eigenvalue weighted by Gasteiger charge is -2.11. The van der Waals surface area contributed by atoms with Gasteiger partial charge in [0.15, 0.2) is 11.5 Å². The monoisotopic (exact) mass is 411 g/mol. The maximum atomic E-state index is 12.0. The van der Waals surface area contributed by atoms with Crippen molar-refractivity contribution in [3.05, 3.63) is 83.0 Å². The maximum Gasteiger partial charge on any atom is 0.315 e. The smallest absolute Gasteiger partial charge is 0.315 e. The number of nitrogens with one attached hydrogen (secondary N) is 2. The Bertz CT molecular complexity index is 931. The van der Waals surface area contributed by atoms with Gasteiger partial charge in [-0.1, -0.05) is 41.9 Å². The lowest BCUT2D eigenvalue weighted by molar-refractivity contribution is 0.240. The Morgan fingerprint density at radius 2 is 1.59 bits per heavy atom. The van der Waals surface area contributed by atoms with Gasteiger partial charge in [0.2, 0.25) is 5.88 Å². The number of halogens is 1. The molecular weight excluding hydrogens is 390 g/mol. The van der Waals surface area contributed by atoms with Crippen molar-refractivity contribution in [3.63, 3.8) is 0 Å². The number of benzene rings is 2. The molecule has 0 saturated carbocycles. The van der Waals surface area contributed by atoms with E-state index in [2.05, 4.69) is 15.6 Å². The number of hydrogen-bond donors (Lipinski definition) is 2. The van der Waals surface area contributed by atoms with E-state index in [0.29, 0.717) is 42.1 Å². The first-order valence-electron chi connectivity index (χ1n) is 9.25. The van der Waals surface area contributed by atoms with E-state index in [0.717, 1.165) is 11.1 Å². The summed E-state index contributed by atoms with van der Waals surface area (Å²) in [6, 6.07) is 18.1. The number of hydrogen-bond acceptors (Lipinski definition) is 4. The van der Waals surface area contributed by atoms with Crippen LogP contribution in [0.4, 0.5) is 4.79 Å². The molecule has 0 unspecified atom stereocenters. The van der Waals surface area contributed by atoms with Crippen molar-refractivity contribution in [3.8, 4) is 17.4 Å². The predicted octanol–water partition coefficient (Wildman–Crippen LogP) is 4.93. The molecule has 1 aromatic heterocycles. The molecule has 0 spiro atoms. The van der Waals surface area contributed by atoms with E-state index in [1.807, 2.05) is 49.4 Å². The molecule has 0 fully saturated rings. The van der Waals surface area contributed by atoms with E-state index in [-0.39, 0.29) is 6.03 Å². The van der Waals surface area contributed by atoms with Crippen molar-refractivity contribution in [2.24, 2.45) is 0 Å². The molecular formula is C22H22ClN3O3. The van der Waals surface area contributed by atoms with Crippen molar-refractivity contribution in [2.75, 3.05) is 6.61 Å². The number of aromatic nitrogens is 1. The SMILES string of the molecule is CCOc1ccccc1Oc1ccc(CNC(=O)NCc2ccc(Cl)cc2)cn1. The molecule has 29 heavy (non-hydrogen) atoms. The van der Waals surface area contributed by atoms with Crippen molar-refractivity contribution < 1.29 is 14.3 Å². The molecule has 0 aliphatic carbocycles. The fourth-order valence-corrected chi connectivity index (χ4v) is 2.65. The molecule has 0 aliphatic rings. The first kappa shape index (κ1) is 20.5. The molecule has 150 valence electrons. The van der Waals surface area contributed by atoms with Crippen molar-refractivity contribution >= 4 is 17.6 Å². The number of para-hydroxylation sites is 2. The topological polar surface area (TPSA) is 72.5 Å². The van der Waals surface area contributed by atoms with Crippen LogP contribution in [0, 0.1) is 0 Å². The average Bonchev–Trinajstić information content (AvgIpc) is 2.74. The molecule has 7 heteroatoms. The van der Waals surface area contributed by atoms with E-state index in [1.165, 1.54) is 0 Å². The van der Waals surface area contributed by atoms with Gasteiger partial charge in [-0.3, -0.25) is 0 Å². The molecule has 2 amide bonds. The number of carbonyl (C=O) groups excluding carboxylic acids is 1. The van der Waals surface area contributed by atoms with Crippen molar-refractivity contribution in [1.82, 2.24) is 15.6 Å². The first-order chi connectivity index (χ1) is 14.1. The van der Waals surface area contributed by atoms with Gasteiger partial charge in [0, 0.05) is 30.4 Å². The second-order valence-corrected chi connectivity index (χ2v) is 6.59. The van der Waals surface area contributed by atoms with E-state index >= 15 is 0 Å². The molecule has 0 atom stereocenters. The zero-order valence-corrected chi connectivity index (χ0v) is 16.8. The molecule has 0 aliphatic heterocycles. The molecule has 3 aromatic rings. The second-order valence-electron chi connectivity index (χ2n) is 6.15. The van der Waals surface area contributed by atoms with Gasteiger partial charge in [0.1, 0.15) is 0 Å². The summed E-state index contributed by atoms with van der Waals surface area (Å²) in [6.45, 7) is 3.25. The van der Waals surface area contributed by atoms with Gasteiger partial charge in [-0.15, -0.1) is 0 Å². The molecule has 1 heterocycles. The number of urea groups is 1. The van der Waals surface area contributed by atoms with Crippen molar-refractivity contribution in [2.45, 2.75) is 20.0 Å². The third-order valence-corrected chi connectivity index (χ3v) is 4.23. The van der Waals surface area contributed by atoms with Gasteiger partial charge in [-0.05, 0) is 42.3 Å². The highest BCUT2D eigenvalue weighted by molar-refractivity contribution is 6.30. The summed E-state index contributed by atoms with van der Waals surface area (Å²) in [7, 11) is 0. The normalized spacial score (nSPS) is 10.3. The quantitative estimate of drug-likeness (QED) is 0.551. The zero-order chi connectivity index (χ0) is 20.5. The van der Waals surface area contributed by atoms with Gasteiger partial charge in [0.05, 0.1) is 6.61 Å². The van der Waals surface area contributed by atoms with Crippen LogP contribution < -0.4 is 20.1 Å². The Balaban J connectivity index is 1.48. The minimum Gasteiger partial charge on any atom is -0.490 e. The summed E-state index contributed by atoms with van der Waals surface area (Å²) in [4.78, 5) is 16.2. The standard InChI is InChI=1S/C22H22ClN3O3/c1-2-28-19-5-3-4-6-20(19)29-21-12-9-17(14-24-21)15-26-22(27)25-13-16-7-10-18(23)11-8-16/h3-12,14H,2,13,15H2,1H3,(H2,25,26,27). The number of carbonyl (C=O) groups is 1. The second kappa shape index (κ2) is 10.3. The van der Waals surface area contributed by atoms with Crippen LogP contribution in [-0.2, 0) is 13.1 Å². The van der Waals surface area contributed by atoms with Gasteiger partial charge in [-0.25, -0.2) is 9.78 Å². The van der Waals surface area contributed by atoms with Gasteiger partial charge in [0.25, 0.3) is 0 Å². The molecule has 6 nitrogen and oxygen atoms in total. The Kier molecular flexibility index (Phi) is 7.30. The summed E-state index contributed by atoms with van der Waals surface area (Å²) in [6.07, 6.45) is 1.66. The third-order valence-electron chi connectivity index (χ3n) is 3.98. The molecule has 2 N–H and O–H groups in total. The lowest BCUT2D eigenvalue weighted by Crippen LogP contribution is -2.34. The fourth-order valence-electron chi connectivity index (χ4n) is 2.53. The summed E-state index contributed by atoms with van der Waals surface area (Å²) in [5.41, 5.74) is 1.83. The zero-order valence-electron chi connectivity index (χ0n) is 16.0. The van der Waals surface area contributed by atoms with E-state index in [1.54, 1.807) is 24.4 Å². The van der Waals surface area contributed by atoms with Crippen molar-refractivity contribution in [1.29, 1.82) is 0 Å². The van der Waals surface area contributed by atoms with Crippen LogP contribution in [0.3, 0.4) is 0 Å². The maximum absolute atomic E-state index is 12.0. The first-order valence-corrected chi connectivity index (χ1v) is 9.62. The summed E-state index contributed by atoms with van der Waals surface area (Å²) >= 11 is 5.85. The molecule has 2 aromatic carbocycles. The summed E-state index contributed by atoms with van der Waals surface area (Å²) < 4.78 is 11.3. The summed E-state index contributed by atoms with van der Waals surface area (Å²) in [5, 5.41) is 6.26. The highest BCUT2D eigenvalue weighted by atomic mass is 35.5. The fraction of sp³-hybridized carbons (Fsp3) is 0.182. The third kappa shape index (κ3) is 6.40. The van der Waals surface area contributed by atoms with E-state index in [9.17, 15) is 4.79 Å². The number of rotatable bonds is 8. The Hall–Kier alpha value is -3.25. The van der Waals surface area contributed by atoms with E-state index in [4.69, 9.17) is 21.1 Å². The van der Waals surface area contributed by atoms with Gasteiger partial charge >= 0.3 is 6.03 Å². The van der Waals surface area contributed by atoms with Gasteiger partial charge in [-0.2, -0.15) is 0 Å². The number of amides is 2. The molecule has 0 saturated heterocycles. The lowest BCUT2D eigenvalue weighted by atomic mass is 10.2. The Morgan fingerprint density at radius 1 is 0.931 bits per heavy atom.